The van der Waals surface area contributed by atoms with E-state index in [1.165, 1.54) is 51.4 Å². The Morgan fingerprint density at radius 3 is 1.71 bits per heavy atom. The van der Waals surface area contributed by atoms with Crippen molar-refractivity contribution in [2.45, 2.75) is 64.7 Å². The first kappa shape index (κ1) is 17.4. The van der Waals surface area contributed by atoms with E-state index < -0.39 is 35.3 Å². The molecule has 2 nitrogen and oxygen atoms in total. The summed E-state index contributed by atoms with van der Waals surface area (Å²) in [4.78, 5) is 0. The average Bonchev–Trinajstić information content (AvgIpc) is 2.18. The summed E-state index contributed by atoms with van der Waals surface area (Å²) in [6.45, 7) is 6.10. The van der Waals surface area contributed by atoms with Gasteiger partial charge in [-0.2, -0.15) is 6.42 Å². The van der Waals surface area contributed by atoms with E-state index in [0.717, 1.165) is 6.42 Å². The van der Waals surface area contributed by atoms with Crippen LogP contribution in [0.25, 0.3) is 0 Å². The van der Waals surface area contributed by atoms with Crippen molar-refractivity contribution in [3.05, 3.63) is 6.92 Å². The molecule has 0 spiro atoms. The molecule has 0 N–H and O–H groups in total. The summed E-state index contributed by atoms with van der Waals surface area (Å²) in [7, 11) is 0. The molecule has 0 amide bonds. The zero-order valence-electron chi connectivity index (χ0n) is 9.22. The summed E-state index contributed by atoms with van der Waals surface area (Å²) in [6.07, 6.45) is 12.4. The second kappa shape index (κ2) is 19.6. The molecule has 0 rings (SSSR count). The molecule has 0 aliphatic rings. The molecule has 0 aliphatic heterocycles. The predicted octanol–water partition coefficient (Wildman–Crippen LogP) is 3.04. The second-order valence-corrected chi connectivity index (χ2v) is 3.74. The van der Waals surface area contributed by atoms with Crippen molar-refractivity contribution in [2.24, 2.45) is 0 Å². The molecule has 3 heteroatoms. The molecule has 0 saturated carbocycles. The standard InChI is InChI=1S/C11H23.2O.Tb/c1-3-5-7-9-11-10-8-6-4-2;;;/h1,3-11H2,2H3;;;/q-1;;-1;. The van der Waals surface area contributed by atoms with Crippen LogP contribution in [0.2, 0.25) is 0 Å². The third-order valence-electron chi connectivity index (χ3n) is 2.10. The minimum absolute atomic E-state index is 1.12. The molecule has 0 unspecified atom stereocenters. The Hall–Kier alpha value is 1.05. The van der Waals surface area contributed by atoms with Crippen LogP contribution in [0.1, 0.15) is 64.7 Å². The van der Waals surface area contributed by atoms with E-state index >= 15 is 0 Å². The summed E-state index contributed by atoms with van der Waals surface area (Å²) in [5.41, 5.74) is 0. The number of hydrogen-bond acceptors (Lipinski definition) is 2. The molecular formula is C11H23O2Tb-2. The van der Waals surface area contributed by atoms with Crippen LogP contribution in [0.15, 0.2) is 0 Å². The van der Waals surface area contributed by atoms with Crippen LogP contribution in [0.4, 0.5) is 0 Å². The molecule has 0 aliphatic carbocycles. The molecule has 0 aromatic rings. The zero-order chi connectivity index (χ0) is 11.1. The van der Waals surface area contributed by atoms with Crippen LogP contribution < -0.4 is 1.71 Å². The molecule has 0 saturated heterocycles. The van der Waals surface area contributed by atoms with E-state index in [1.807, 2.05) is 0 Å². The van der Waals surface area contributed by atoms with Crippen LogP contribution in [0, 0.1) is 42.2 Å². The number of unbranched alkanes of at least 4 members (excludes halogenated alkanes) is 8. The Labute approximate surface area is 109 Å². The summed E-state index contributed by atoms with van der Waals surface area (Å²) in [6, 6.07) is 0. The van der Waals surface area contributed by atoms with Crippen molar-refractivity contribution in [3.63, 3.8) is 0 Å². The van der Waals surface area contributed by atoms with Crippen molar-refractivity contribution >= 4 is 0 Å². The predicted molar refractivity (Wildman–Crippen MR) is 53.3 cm³/mol. The Morgan fingerprint density at radius 2 is 1.36 bits per heavy atom. The van der Waals surface area contributed by atoms with E-state index in [0.29, 0.717) is 0 Å². The first-order chi connectivity index (χ1) is 6.83. The minimum atomic E-state index is -2.00. The average molecular weight is 346 g/mol. The van der Waals surface area contributed by atoms with Crippen LogP contribution in [0.5, 0.6) is 0 Å². The van der Waals surface area contributed by atoms with Gasteiger partial charge >= 0.3 is 38.4 Å². The molecule has 14 heavy (non-hydrogen) atoms. The van der Waals surface area contributed by atoms with Crippen LogP contribution in [-0.2, 0) is 1.33 Å². The molecule has 0 bridgehead atoms. The van der Waals surface area contributed by atoms with Gasteiger partial charge in [0.25, 0.3) is 0 Å². The van der Waals surface area contributed by atoms with Crippen molar-refractivity contribution in [2.75, 3.05) is 0 Å². The Balaban J connectivity index is 0. The fourth-order valence-electron chi connectivity index (χ4n) is 1.31. The van der Waals surface area contributed by atoms with Gasteiger partial charge in [-0.05, 0) is 0 Å². The van der Waals surface area contributed by atoms with Gasteiger partial charge in [-0.1, -0.05) is 58.3 Å². The fraction of sp³-hybridized carbons (Fsp3) is 0.909. The quantitative estimate of drug-likeness (QED) is 0.501. The summed E-state index contributed by atoms with van der Waals surface area (Å²) < 4.78 is 17.0. The first-order valence-electron chi connectivity index (χ1n) is 5.48. The SMILES string of the molecule is [CH2-]CCCCCCCCCC.[O]=[Tb][O-]. The summed E-state index contributed by atoms with van der Waals surface area (Å²) in [5, 5.41) is 0. The van der Waals surface area contributed by atoms with Gasteiger partial charge in [-0.25, -0.2) is 0 Å². The van der Waals surface area contributed by atoms with Gasteiger partial charge in [-0.15, -0.1) is 0 Å². The second-order valence-electron chi connectivity index (χ2n) is 3.38. The van der Waals surface area contributed by atoms with Crippen LogP contribution in [-0.4, -0.2) is 0 Å². The molecule has 0 aromatic heterocycles. The summed E-state index contributed by atoms with van der Waals surface area (Å²) in [5.74, 6) is 0. The van der Waals surface area contributed by atoms with E-state index in [9.17, 15) is 0 Å². The topological polar surface area (TPSA) is 40.1 Å². The van der Waals surface area contributed by atoms with E-state index in [2.05, 4.69) is 13.8 Å². The summed E-state index contributed by atoms with van der Waals surface area (Å²) >= 11 is -2.00. The third kappa shape index (κ3) is 23.1. The third-order valence-corrected chi connectivity index (χ3v) is 2.10. The zero-order valence-corrected chi connectivity index (χ0v) is 11.4. The Morgan fingerprint density at radius 1 is 1.00 bits per heavy atom. The van der Waals surface area contributed by atoms with Crippen LogP contribution in [0.3, 0.4) is 0 Å². The Kier molecular flexibility index (Phi) is 24.4. The van der Waals surface area contributed by atoms with Gasteiger partial charge in [0.05, 0.1) is 0 Å². The normalized spacial score (nSPS) is 9.64. The van der Waals surface area contributed by atoms with E-state index in [4.69, 9.17) is 3.03 Å². The van der Waals surface area contributed by atoms with Gasteiger partial charge < -0.3 is 6.92 Å². The van der Waals surface area contributed by atoms with Gasteiger partial charge in [-0.3, -0.25) is 0 Å². The maximum atomic E-state index is 8.50. The monoisotopic (exact) mass is 346 g/mol. The molecule has 0 atom stereocenters. The van der Waals surface area contributed by atoms with Crippen LogP contribution >= 0.6 is 0 Å². The molecular weight excluding hydrogens is 323 g/mol. The number of rotatable bonds is 8. The van der Waals surface area contributed by atoms with Gasteiger partial charge in [0.15, 0.2) is 0 Å². The van der Waals surface area contributed by atoms with Gasteiger partial charge in [0.1, 0.15) is 0 Å². The molecule has 90 valence electrons. The van der Waals surface area contributed by atoms with Crippen molar-refractivity contribution in [1.29, 1.82) is 0 Å². The van der Waals surface area contributed by atoms with E-state index in [1.54, 1.807) is 0 Å². The van der Waals surface area contributed by atoms with Gasteiger partial charge in [0, 0.05) is 0 Å². The maximum absolute atomic E-state index is 8.50. The Bertz CT molecular complexity index is 89.3. The molecule has 0 heterocycles. The van der Waals surface area contributed by atoms with E-state index in [-0.39, 0.29) is 0 Å². The van der Waals surface area contributed by atoms with Crippen molar-refractivity contribution in [1.82, 2.24) is 0 Å². The number of hydrogen-bond donors (Lipinski definition) is 0. The van der Waals surface area contributed by atoms with Crippen molar-refractivity contribution < 1.29 is 38.4 Å². The molecule has 0 radical (unpaired) electrons. The van der Waals surface area contributed by atoms with Crippen molar-refractivity contribution in [3.8, 4) is 0 Å². The molecule has 0 aromatic carbocycles. The molecule has 0 fully saturated rings. The first-order valence-corrected chi connectivity index (χ1v) is 7.23. The fourth-order valence-corrected chi connectivity index (χ4v) is 1.31. The van der Waals surface area contributed by atoms with Gasteiger partial charge in [0.2, 0.25) is 0 Å².